The van der Waals surface area contributed by atoms with Crippen molar-refractivity contribution in [2.75, 3.05) is 12.3 Å². The highest BCUT2D eigenvalue weighted by Crippen LogP contribution is 2.36. The van der Waals surface area contributed by atoms with E-state index >= 15 is 0 Å². The molecule has 10 heteroatoms. The van der Waals surface area contributed by atoms with Crippen molar-refractivity contribution in [3.63, 3.8) is 0 Å². The van der Waals surface area contributed by atoms with Gasteiger partial charge in [-0.2, -0.15) is 0 Å². The van der Waals surface area contributed by atoms with Crippen molar-refractivity contribution >= 4 is 16.9 Å². The first-order valence-corrected chi connectivity index (χ1v) is 9.88. The molecule has 3 aromatic heterocycles. The zero-order valence-corrected chi connectivity index (χ0v) is 17.3. The number of pyridine rings is 1. The number of ether oxygens (including phenoxy) is 1. The van der Waals surface area contributed by atoms with E-state index < -0.39 is 5.60 Å². The van der Waals surface area contributed by atoms with Crippen LogP contribution in [-0.2, 0) is 12.1 Å². The summed E-state index contributed by atoms with van der Waals surface area (Å²) in [4.78, 5) is 9.18. The Kier molecular flexibility index (Phi) is 6.04. The first-order chi connectivity index (χ1) is 13.8. The molecule has 1 atom stereocenters. The van der Waals surface area contributed by atoms with Crippen LogP contribution in [0.3, 0.4) is 0 Å². The van der Waals surface area contributed by atoms with E-state index in [2.05, 4.69) is 22.2 Å². The molecular weight excluding hydrogens is 374 g/mol. The van der Waals surface area contributed by atoms with Gasteiger partial charge in [0.25, 0.3) is 0 Å². The van der Waals surface area contributed by atoms with E-state index in [4.69, 9.17) is 25.8 Å². The number of aryl methyl sites for hydroxylation is 1. The van der Waals surface area contributed by atoms with Gasteiger partial charge in [0, 0.05) is 6.54 Å². The minimum absolute atomic E-state index is 0.0366. The van der Waals surface area contributed by atoms with Crippen molar-refractivity contribution in [3.05, 3.63) is 11.9 Å². The molecule has 5 N–H and O–H groups in total. The standard InChI is InChI=1S/C19H29N7O3/c1-5-7-11(8-9-20)28-12-10-22-16(19(3,4)27)13-15(12)26(6-2)18(23-13)14-17(21)25-29-24-14/h10-11,27H,5-9,20H2,1-4H3,(H2,21,25). The summed E-state index contributed by atoms with van der Waals surface area (Å²) in [6, 6.07) is 0. The van der Waals surface area contributed by atoms with Gasteiger partial charge < -0.3 is 25.9 Å². The van der Waals surface area contributed by atoms with Gasteiger partial charge in [-0.3, -0.25) is 4.98 Å². The van der Waals surface area contributed by atoms with Gasteiger partial charge in [0.1, 0.15) is 22.7 Å². The van der Waals surface area contributed by atoms with Crippen LogP contribution in [0, 0.1) is 0 Å². The van der Waals surface area contributed by atoms with Gasteiger partial charge in [-0.15, -0.1) is 0 Å². The fourth-order valence-electron chi connectivity index (χ4n) is 3.44. The minimum atomic E-state index is -1.20. The first-order valence-electron chi connectivity index (χ1n) is 9.88. The van der Waals surface area contributed by atoms with Crippen LogP contribution in [0.1, 0.15) is 52.7 Å². The Morgan fingerprint density at radius 3 is 2.59 bits per heavy atom. The van der Waals surface area contributed by atoms with Crippen LogP contribution < -0.4 is 16.2 Å². The van der Waals surface area contributed by atoms with Gasteiger partial charge in [-0.25, -0.2) is 9.61 Å². The van der Waals surface area contributed by atoms with Crippen molar-refractivity contribution in [1.29, 1.82) is 0 Å². The van der Waals surface area contributed by atoms with Crippen molar-refractivity contribution in [3.8, 4) is 17.3 Å². The molecule has 0 aliphatic carbocycles. The second-order valence-electron chi connectivity index (χ2n) is 7.51. The lowest BCUT2D eigenvalue weighted by Crippen LogP contribution is -2.22. The fraction of sp³-hybridized carbons (Fsp3) is 0.579. The third kappa shape index (κ3) is 4.03. The number of fused-ring (bicyclic) bond motifs is 1. The van der Waals surface area contributed by atoms with Crippen molar-refractivity contribution in [2.24, 2.45) is 5.73 Å². The quantitative estimate of drug-likeness (QED) is 0.488. The molecule has 3 rings (SSSR count). The van der Waals surface area contributed by atoms with Crippen molar-refractivity contribution in [2.45, 2.75) is 65.2 Å². The summed E-state index contributed by atoms with van der Waals surface area (Å²) >= 11 is 0. The number of imidazole rings is 1. The molecule has 0 amide bonds. The Morgan fingerprint density at radius 2 is 2.03 bits per heavy atom. The van der Waals surface area contributed by atoms with Gasteiger partial charge >= 0.3 is 0 Å². The summed E-state index contributed by atoms with van der Waals surface area (Å²) in [7, 11) is 0. The predicted octanol–water partition coefficient (Wildman–Crippen LogP) is 2.21. The predicted molar refractivity (Wildman–Crippen MR) is 109 cm³/mol. The molecule has 0 aliphatic heterocycles. The molecule has 3 heterocycles. The van der Waals surface area contributed by atoms with Crippen LogP contribution in [0.5, 0.6) is 5.75 Å². The second kappa shape index (κ2) is 8.34. The van der Waals surface area contributed by atoms with Gasteiger partial charge in [-0.05, 0) is 50.5 Å². The highest BCUT2D eigenvalue weighted by Gasteiger charge is 2.29. The molecule has 158 valence electrons. The van der Waals surface area contributed by atoms with E-state index in [1.165, 1.54) is 0 Å². The molecule has 0 aliphatic rings. The third-order valence-corrected chi connectivity index (χ3v) is 4.75. The van der Waals surface area contributed by atoms with E-state index in [1.54, 1.807) is 20.0 Å². The monoisotopic (exact) mass is 403 g/mol. The molecule has 0 bridgehead atoms. The van der Waals surface area contributed by atoms with Crippen LogP contribution in [-0.4, -0.2) is 42.6 Å². The summed E-state index contributed by atoms with van der Waals surface area (Å²) < 4.78 is 13.0. The third-order valence-electron chi connectivity index (χ3n) is 4.75. The molecule has 1 unspecified atom stereocenters. The maximum absolute atomic E-state index is 10.6. The fourth-order valence-corrected chi connectivity index (χ4v) is 3.44. The zero-order chi connectivity index (χ0) is 21.2. The Balaban J connectivity index is 2.25. The molecule has 0 spiro atoms. The maximum Gasteiger partial charge on any atom is 0.199 e. The molecule has 0 saturated heterocycles. The number of aliphatic hydroxyl groups is 1. The van der Waals surface area contributed by atoms with Crippen LogP contribution in [0.4, 0.5) is 5.82 Å². The highest BCUT2D eigenvalue weighted by atomic mass is 16.6. The summed E-state index contributed by atoms with van der Waals surface area (Å²) in [6.07, 6.45) is 4.18. The topological polar surface area (TPSA) is 151 Å². The van der Waals surface area contributed by atoms with Crippen LogP contribution in [0.15, 0.2) is 10.8 Å². The van der Waals surface area contributed by atoms with Gasteiger partial charge in [0.15, 0.2) is 23.1 Å². The number of nitrogens with zero attached hydrogens (tertiary/aromatic N) is 5. The molecule has 0 fully saturated rings. The lowest BCUT2D eigenvalue weighted by molar-refractivity contribution is 0.0752. The Labute approximate surface area is 169 Å². The second-order valence-corrected chi connectivity index (χ2v) is 7.51. The normalized spacial score (nSPS) is 13.2. The molecule has 0 radical (unpaired) electrons. The van der Waals surface area contributed by atoms with Crippen LogP contribution >= 0.6 is 0 Å². The zero-order valence-electron chi connectivity index (χ0n) is 17.3. The Morgan fingerprint density at radius 1 is 1.28 bits per heavy atom. The summed E-state index contributed by atoms with van der Waals surface area (Å²) in [5, 5.41) is 18.2. The van der Waals surface area contributed by atoms with E-state index in [-0.39, 0.29) is 11.9 Å². The lowest BCUT2D eigenvalue weighted by Gasteiger charge is -2.21. The maximum atomic E-state index is 10.6. The van der Waals surface area contributed by atoms with Crippen molar-refractivity contribution < 1.29 is 14.5 Å². The molecular formula is C19H29N7O3. The molecule has 3 aromatic rings. The largest absolute Gasteiger partial charge is 0.486 e. The molecule has 0 saturated carbocycles. The lowest BCUT2D eigenvalue weighted by atomic mass is 10.0. The highest BCUT2D eigenvalue weighted by molar-refractivity contribution is 5.88. The summed E-state index contributed by atoms with van der Waals surface area (Å²) in [5.41, 5.74) is 12.5. The average Bonchev–Trinajstić information content (AvgIpc) is 3.24. The SMILES string of the molecule is CCCC(CCN)Oc1cnc(C(C)(C)O)c2nc(-c3nonc3N)n(CC)c12. The smallest absolute Gasteiger partial charge is 0.199 e. The minimum Gasteiger partial charge on any atom is -0.486 e. The van der Waals surface area contributed by atoms with Crippen molar-refractivity contribution in [1.82, 2.24) is 24.8 Å². The van der Waals surface area contributed by atoms with E-state index in [0.717, 1.165) is 24.8 Å². The summed E-state index contributed by atoms with van der Waals surface area (Å²) in [6.45, 7) is 8.51. The number of nitrogens with two attached hydrogens (primary N) is 2. The van der Waals surface area contributed by atoms with Crippen LogP contribution in [0.25, 0.3) is 22.6 Å². The summed E-state index contributed by atoms with van der Waals surface area (Å²) in [5.74, 6) is 1.20. The van der Waals surface area contributed by atoms with E-state index in [1.807, 2.05) is 11.5 Å². The van der Waals surface area contributed by atoms with Gasteiger partial charge in [-0.1, -0.05) is 13.3 Å². The Hall–Kier alpha value is -2.72. The number of nitrogen functional groups attached to an aromatic ring is 1. The number of rotatable bonds is 9. The Bertz CT molecular complexity index is 968. The number of aromatic nitrogens is 5. The van der Waals surface area contributed by atoms with E-state index in [9.17, 15) is 5.11 Å². The number of hydrogen-bond acceptors (Lipinski definition) is 9. The first kappa shape index (κ1) is 21.0. The molecule has 10 nitrogen and oxygen atoms in total. The van der Waals surface area contributed by atoms with Gasteiger partial charge in [0.2, 0.25) is 0 Å². The number of hydrogen-bond donors (Lipinski definition) is 3. The molecule has 29 heavy (non-hydrogen) atoms. The average molecular weight is 403 g/mol. The van der Waals surface area contributed by atoms with Crippen LogP contribution in [0.2, 0.25) is 0 Å². The van der Waals surface area contributed by atoms with E-state index in [0.29, 0.717) is 41.6 Å². The van der Waals surface area contributed by atoms with Gasteiger partial charge in [0.05, 0.1) is 11.9 Å². The number of anilines is 1. The molecule has 0 aromatic carbocycles.